The van der Waals surface area contributed by atoms with Gasteiger partial charge in [0.2, 0.25) is 0 Å². The summed E-state index contributed by atoms with van der Waals surface area (Å²) in [5.41, 5.74) is 4.76. The van der Waals surface area contributed by atoms with Gasteiger partial charge < -0.3 is 10.6 Å². The average molecular weight is 338 g/mol. The number of nitrogens with one attached hydrogen (secondary N) is 2. The molecule has 2 amide bonds. The van der Waals surface area contributed by atoms with E-state index in [9.17, 15) is 4.79 Å². The molecule has 0 saturated heterocycles. The molecule has 0 bridgehead atoms. The fourth-order valence-corrected chi connectivity index (χ4v) is 2.85. The summed E-state index contributed by atoms with van der Waals surface area (Å²) in [7, 11) is 1.59. The molecule has 6 nitrogen and oxygen atoms in total. The molecule has 3 rings (SSSR count). The maximum atomic E-state index is 11.4. The first kappa shape index (κ1) is 17.0. The molecule has 25 heavy (non-hydrogen) atoms. The van der Waals surface area contributed by atoms with Crippen molar-refractivity contribution in [1.29, 1.82) is 0 Å². The molecule has 0 fully saturated rings. The molecule has 0 aliphatic heterocycles. The van der Waals surface area contributed by atoms with E-state index in [0.717, 1.165) is 35.1 Å². The number of anilines is 1. The molecule has 3 aromatic rings. The number of urea groups is 1. The fraction of sp³-hybridized carbons (Fsp3) is 0.316. The van der Waals surface area contributed by atoms with E-state index >= 15 is 0 Å². The summed E-state index contributed by atoms with van der Waals surface area (Å²) in [5, 5.41) is 13.2. The Morgan fingerprint density at radius 2 is 1.88 bits per heavy atom. The highest BCUT2D eigenvalue weighted by atomic mass is 16.6. The zero-order valence-corrected chi connectivity index (χ0v) is 14.7. The van der Waals surface area contributed by atoms with E-state index in [0.29, 0.717) is 0 Å². The monoisotopic (exact) mass is 338 g/mol. The summed E-state index contributed by atoms with van der Waals surface area (Å²) in [6.45, 7) is 4.44. The molecule has 1 aromatic heterocycles. The smallest absolute Gasteiger partial charge is 0.318 e. The van der Waals surface area contributed by atoms with Crippen molar-refractivity contribution in [3.8, 4) is 0 Å². The highest BCUT2D eigenvalue weighted by Gasteiger charge is 2.21. The Morgan fingerprint density at radius 1 is 1.12 bits per heavy atom. The maximum absolute atomic E-state index is 11.4. The van der Waals surface area contributed by atoms with Gasteiger partial charge in [0.1, 0.15) is 11.0 Å². The third-order valence-corrected chi connectivity index (χ3v) is 4.54. The molecule has 6 heteroatoms. The lowest BCUT2D eigenvalue weighted by molar-refractivity contribution is 0.254. The lowest BCUT2D eigenvalue weighted by atomic mass is 9.79. The number of benzene rings is 2. The van der Waals surface area contributed by atoms with Crippen molar-refractivity contribution in [2.24, 2.45) is 0 Å². The predicted octanol–water partition coefficient (Wildman–Crippen LogP) is 3.88. The lowest BCUT2D eigenvalue weighted by Crippen LogP contribution is -2.24. The van der Waals surface area contributed by atoms with Crippen LogP contribution in [0.3, 0.4) is 0 Å². The maximum Gasteiger partial charge on any atom is 0.318 e. The van der Waals surface area contributed by atoms with Gasteiger partial charge in [0.15, 0.2) is 0 Å². The molecule has 2 N–H and O–H groups in total. The molecule has 1 heterocycles. The number of amides is 2. The molecule has 2 aromatic carbocycles. The number of hydrogen-bond acceptors (Lipinski definition) is 4. The van der Waals surface area contributed by atoms with Crippen LogP contribution < -0.4 is 10.6 Å². The first-order valence-electron chi connectivity index (χ1n) is 8.29. The van der Waals surface area contributed by atoms with Gasteiger partial charge in [-0.1, -0.05) is 38.1 Å². The van der Waals surface area contributed by atoms with E-state index in [1.54, 1.807) is 7.05 Å². The Morgan fingerprint density at radius 3 is 2.60 bits per heavy atom. The second-order valence-corrected chi connectivity index (χ2v) is 6.71. The van der Waals surface area contributed by atoms with Gasteiger partial charge in [-0.2, -0.15) is 0 Å². The van der Waals surface area contributed by atoms with E-state index in [4.69, 9.17) is 4.63 Å². The average Bonchev–Trinajstić information content (AvgIpc) is 3.09. The van der Waals surface area contributed by atoms with Crippen LogP contribution in [0.1, 0.15) is 31.4 Å². The van der Waals surface area contributed by atoms with Crippen molar-refractivity contribution in [2.75, 3.05) is 12.4 Å². The minimum Gasteiger partial charge on any atom is -0.341 e. The summed E-state index contributed by atoms with van der Waals surface area (Å²) in [5.74, 6) is 0. The Bertz CT molecular complexity index is 869. The lowest BCUT2D eigenvalue weighted by Gasteiger charge is -2.25. The SMILES string of the molecule is CNC(=O)Nc1ccc(C(C)(C)CCc2cccc3nonc23)cc1. The molecule has 0 saturated carbocycles. The van der Waals surface area contributed by atoms with Crippen LogP contribution in [0.5, 0.6) is 0 Å². The summed E-state index contributed by atoms with van der Waals surface area (Å²) >= 11 is 0. The van der Waals surface area contributed by atoms with Crippen molar-refractivity contribution in [3.05, 3.63) is 53.6 Å². The van der Waals surface area contributed by atoms with Crippen molar-refractivity contribution in [1.82, 2.24) is 15.6 Å². The quantitative estimate of drug-likeness (QED) is 0.740. The number of aryl methyl sites for hydroxylation is 1. The number of rotatable bonds is 5. The normalized spacial score (nSPS) is 11.5. The van der Waals surface area contributed by atoms with Gasteiger partial charge in [0, 0.05) is 12.7 Å². The molecule has 0 atom stereocenters. The van der Waals surface area contributed by atoms with Crippen LogP contribution in [0.15, 0.2) is 47.1 Å². The van der Waals surface area contributed by atoms with Gasteiger partial charge in [0.25, 0.3) is 0 Å². The Kier molecular flexibility index (Phi) is 4.70. The molecule has 0 unspecified atom stereocenters. The highest BCUT2D eigenvalue weighted by molar-refractivity contribution is 5.88. The third-order valence-electron chi connectivity index (χ3n) is 4.54. The van der Waals surface area contributed by atoms with Crippen molar-refractivity contribution >= 4 is 22.8 Å². The van der Waals surface area contributed by atoms with E-state index in [-0.39, 0.29) is 11.4 Å². The molecular formula is C19H22N4O2. The van der Waals surface area contributed by atoms with Crippen LogP contribution in [-0.4, -0.2) is 23.4 Å². The zero-order chi connectivity index (χ0) is 17.9. The van der Waals surface area contributed by atoms with Crippen LogP contribution in [0.25, 0.3) is 11.0 Å². The predicted molar refractivity (Wildman–Crippen MR) is 97.7 cm³/mol. The van der Waals surface area contributed by atoms with Gasteiger partial charge in [-0.15, -0.1) is 0 Å². The number of hydrogen-bond donors (Lipinski definition) is 2. The zero-order valence-electron chi connectivity index (χ0n) is 14.7. The minimum absolute atomic E-state index is 0.00905. The highest BCUT2D eigenvalue weighted by Crippen LogP contribution is 2.30. The molecule has 0 aliphatic carbocycles. The fourth-order valence-electron chi connectivity index (χ4n) is 2.85. The number of aromatic nitrogens is 2. The molecule has 0 aliphatic rings. The minimum atomic E-state index is -0.221. The van der Waals surface area contributed by atoms with Gasteiger partial charge in [-0.25, -0.2) is 9.42 Å². The molecule has 0 spiro atoms. The van der Waals surface area contributed by atoms with Crippen LogP contribution in [-0.2, 0) is 11.8 Å². The van der Waals surface area contributed by atoms with Gasteiger partial charge in [-0.05, 0) is 57.9 Å². The van der Waals surface area contributed by atoms with E-state index in [1.165, 1.54) is 5.56 Å². The number of fused-ring (bicyclic) bond motifs is 1. The van der Waals surface area contributed by atoms with Crippen molar-refractivity contribution < 1.29 is 9.42 Å². The summed E-state index contributed by atoms with van der Waals surface area (Å²) in [6.07, 6.45) is 1.85. The summed E-state index contributed by atoms with van der Waals surface area (Å²) < 4.78 is 4.84. The Hall–Kier alpha value is -2.89. The topological polar surface area (TPSA) is 80.0 Å². The van der Waals surface area contributed by atoms with E-state index in [2.05, 4.69) is 53.0 Å². The molecule has 130 valence electrons. The molecule has 0 radical (unpaired) electrons. The summed E-state index contributed by atoms with van der Waals surface area (Å²) in [4.78, 5) is 11.4. The van der Waals surface area contributed by atoms with E-state index in [1.807, 2.05) is 24.3 Å². The first-order valence-corrected chi connectivity index (χ1v) is 8.29. The van der Waals surface area contributed by atoms with E-state index < -0.39 is 0 Å². The van der Waals surface area contributed by atoms with Crippen LogP contribution >= 0.6 is 0 Å². The summed E-state index contributed by atoms with van der Waals surface area (Å²) in [6, 6.07) is 13.7. The Labute approximate surface area is 146 Å². The third kappa shape index (κ3) is 3.79. The van der Waals surface area contributed by atoms with Crippen molar-refractivity contribution in [2.45, 2.75) is 32.1 Å². The molecular weight excluding hydrogens is 316 g/mol. The number of carbonyl (C=O) groups is 1. The van der Waals surface area contributed by atoms with Crippen LogP contribution in [0.4, 0.5) is 10.5 Å². The number of carbonyl (C=O) groups excluding carboxylic acids is 1. The number of nitrogens with zero attached hydrogens (tertiary/aromatic N) is 2. The second-order valence-electron chi connectivity index (χ2n) is 6.71. The van der Waals surface area contributed by atoms with Crippen LogP contribution in [0, 0.1) is 0 Å². The van der Waals surface area contributed by atoms with Gasteiger partial charge >= 0.3 is 6.03 Å². The Balaban J connectivity index is 1.71. The van der Waals surface area contributed by atoms with Crippen LogP contribution in [0.2, 0.25) is 0 Å². The van der Waals surface area contributed by atoms with Gasteiger partial charge in [-0.3, -0.25) is 0 Å². The van der Waals surface area contributed by atoms with Gasteiger partial charge in [0.05, 0.1) is 0 Å². The standard InChI is InChI=1S/C19H22N4O2/c1-19(2,14-7-9-15(10-8-14)21-18(24)20-3)12-11-13-5-4-6-16-17(13)23-25-22-16/h4-10H,11-12H2,1-3H3,(H2,20,21,24). The largest absolute Gasteiger partial charge is 0.341 e. The van der Waals surface area contributed by atoms with Crippen molar-refractivity contribution in [3.63, 3.8) is 0 Å². The first-order chi connectivity index (χ1) is 12.0. The second kappa shape index (κ2) is 6.93.